The molecule has 0 aliphatic rings. The molecule has 0 aromatic heterocycles. The Morgan fingerprint density at radius 3 is 2.27 bits per heavy atom. The van der Waals surface area contributed by atoms with Crippen LogP contribution in [-0.2, 0) is 4.79 Å². The molecule has 0 saturated carbocycles. The number of carbonyl (C=O) groups is 1. The van der Waals surface area contributed by atoms with Gasteiger partial charge in [0.15, 0.2) is 0 Å². The van der Waals surface area contributed by atoms with Crippen LogP contribution < -0.4 is 0 Å². The molecule has 11 heavy (non-hydrogen) atoms. The van der Waals surface area contributed by atoms with Gasteiger partial charge < -0.3 is 4.79 Å². The SMILES string of the molecule is CC(C=O)c1ccccc1.[Na]. The Hall–Kier alpha value is -0.110. The third-order valence-corrected chi connectivity index (χ3v) is 1.53. The fraction of sp³-hybridized carbons (Fsp3) is 0.222. The molecule has 0 spiro atoms. The van der Waals surface area contributed by atoms with E-state index in [1.807, 2.05) is 37.3 Å². The molecule has 1 rings (SSSR count). The van der Waals surface area contributed by atoms with Gasteiger partial charge in [-0.05, 0) is 5.56 Å². The summed E-state index contributed by atoms with van der Waals surface area (Å²) in [5.74, 6) is 0.0289. The summed E-state index contributed by atoms with van der Waals surface area (Å²) in [7, 11) is 0. The van der Waals surface area contributed by atoms with Crippen LogP contribution in [-0.4, -0.2) is 35.8 Å². The molecule has 1 unspecified atom stereocenters. The topological polar surface area (TPSA) is 17.1 Å². The largest absolute Gasteiger partial charge is 0.303 e. The van der Waals surface area contributed by atoms with Crippen molar-refractivity contribution in [3.05, 3.63) is 35.9 Å². The first kappa shape index (κ1) is 10.9. The zero-order valence-electron chi connectivity index (χ0n) is 6.95. The first-order chi connectivity index (χ1) is 4.84. The normalized spacial score (nSPS) is 11.4. The van der Waals surface area contributed by atoms with Crippen LogP contribution >= 0.6 is 0 Å². The number of benzene rings is 1. The Morgan fingerprint density at radius 2 is 1.82 bits per heavy atom. The number of rotatable bonds is 2. The summed E-state index contributed by atoms with van der Waals surface area (Å²) in [4.78, 5) is 10.3. The molecule has 1 nitrogen and oxygen atoms in total. The van der Waals surface area contributed by atoms with Crippen LogP contribution in [0.2, 0.25) is 0 Å². The van der Waals surface area contributed by atoms with E-state index in [0.29, 0.717) is 0 Å². The van der Waals surface area contributed by atoms with Crippen LogP contribution in [0.25, 0.3) is 0 Å². The molecule has 1 atom stereocenters. The van der Waals surface area contributed by atoms with Crippen LogP contribution in [0.15, 0.2) is 30.3 Å². The molecule has 53 valence electrons. The molecule has 0 N–H and O–H groups in total. The zero-order valence-corrected chi connectivity index (χ0v) is 8.95. The van der Waals surface area contributed by atoms with E-state index in [9.17, 15) is 4.79 Å². The molecule has 0 fully saturated rings. The summed E-state index contributed by atoms with van der Waals surface area (Å²) in [6.45, 7) is 1.89. The van der Waals surface area contributed by atoms with E-state index in [4.69, 9.17) is 0 Å². The molecule has 0 heterocycles. The van der Waals surface area contributed by atoms with Gasteiger partial charge in [0.05, 0.1) is 0 Å². The number of hydrogen-bond acceptors (Lipinski definition) is 1. The van der Waals surface area contributed by atoms with E-state index in [2.05, 4.69) is 0 Å². The van der Waals surface area contributed by atoms with E-state index < -0.39 is 0 Å². The third kappa shape index (κ3) is 3.19. The van der Waals surface area contributed by atoms with Gasteiger partial charge in [0.25, 0.3) is 0 Å². The zero-order chi connectivity index (χ0) is 7.40. The predicted molar refractivity (Wildman–Crippen MR) is 46.7 cm³/mol. The van der Waals surface area contributed by atoms with Crippen LogP contribution in [0.4, 0.5) is 0 Å². The van der Waals surface area contributed by atoms with E-state index >= 15 is 0 Å². The van der Waals surface area contributed by atoms with Gasteiger partial charge in [-0.1, -0.05) is 37.3 Å². The summed E-state index contributed by atoms with van der Waals surface area (Å²) >= 11 is 0. The standard InChI is InChI=1S/C9H10O.Na/c1-8(7-10)9-5-3-2-4-6-9;/h2-8H,1H3;. The van der Waals surface area contributed by atoms with Crippen molar-refractivity contribution >= 4 is 35.8 Å². The molecule has 0 saturated heterocycles. The van der Waals surface area contributed by atoms with Gasteiger partial charge in [0.2, 0.25) is 0 Å². The summed E-state index contributed by atoms with van der Waals surface area (Å²) in [6.07, 6.45) is 0.954. The molecule has 0 amide bonds. The van der Waals surface area contributed by atoms with Crippen molar-refractivity contribution < 1.29 is 4.79 Å². The molecule has 2 heteroatoms. The minimum atomic E-state index is 0. The van der Waals surface area contributed by atoms with Crippen molar-refractivity contribution in [1.82, 2.24) is 0 Å². The Bertz CT molecular complexity index is 208. The van der Waals surface area contributed by atoms with Gasteiger partial charge in [0.1, 0.15) is 6.29 Å². The Kier molecular flexibility index (Phi) is 5.47. The maximum atomic E-state index is 10.3. The maximum Gasteiger partial charge on any atom is 0.127 e. The average Bonchev–Trinajstić information content (AvgIpc) is 2.05. The van der Waals surface area contributed by atoms with Gasteiger partial charge in [-0.3, -0.25) is 0 Å². The Morgan fingerprint density at radius 1 is 1.27 bits per heavy atom. The molecule has 1 aromatic rings. The molecule has 0 aliphatic heterocycles. The minimum Gasteiger partial charge on any atom is -0.303 e. The monoisotopic (exact) mass is 157 g/mol. The second kappa shape index (κ2) is 5.53. The average molecular weight is 157 g/mol. The van der Waals surface area contributed by atoms with Crippen molar-refractivity contribution in [2.45, 2.75) is 12.8 Å². The number of aldehydes is 1. The predicted octanol–water partition coefficient (Wildman–Crippen LogP) is 1.61. The fourth-order valence-corrected chi connectivity index (χ4v) is 0.835. The van der Waals surface area contributed by atoms with Gasteiger partial charge in [-0.15, -0.1) is 0 Å². The fourth-order valence-electron chi connectivity index (χ4n) is 0.835. The smallest absolute Gasteiger partial charge is 0.127 e. The molecular weight excluding hydrogens is 147 g/mol. The van der Waals surface area contributed by atoms with Crippen LogP contribution in [0.3, 0.4) is 0 Å². The van der Waals surface area contributed by atoms with Crippen LogP contribution in [0, 0.1) is 0 Å². The quantitative estimate of drug-likeness (QED) is 0.471. The van der Waals surface area contributed by atoms with Gasteiger partial charge in [-0.2, -0.15) is 0 Å². The summed E-state index contributed by atoms with van der Waals surface area (Å²) < 4.78 is 0. The van der Waals surface area contributed by atoms with E-state index in [1.54, 1.807) is 0 Å². The molecular formula is C9H10NaO. The molecule has 0 bridgehead atoms. The summed E-state index contributed by atoms with van der Waals surface area (Å²) in [6, 6.07) is 9.74. The Balaban J connectivity index is 0.000001000. The summed E-state index contributed by atoms with van der Waals surface area (Å²) in [5, 5.41) is 0. The third-order valence-electron chi connectivity index (χ3n) is 1.53. The van der Waals surface area contributed by atoms with Crippen molar-refractivity contribution in [3.63, 3.8) is 0 Å². The number of carbonyl (C=O) groups excluding carboxylic acids is 1. The van der Waals surface area contributed by atoms with E-state index in [-0.39, 0.29) is 35.5 Å². The Labute approximate surface area is 89.1 Å². The maximum absolute atomic E-state index is 10.3. The van der Waals surface area contributed by atoms with Crippen molar-refractivity contribution in [2.75, 3.05) is 0 Å². The first-order valence-electron chi connectivity index (χ1n) is 3.35. The van der Waals surface area contributed by atoms with Crippen molar-refractivity contribution in [1.29, 1.82) is 0 Å². The van der Waals surface area contributed by atoms with Crippen molar-refractivity contribution in [2.24, 2.45) is 0 Å². The van der Waals surface area contributed by atoms with Crippen LogP contribution in [0.5, 0.6) is 0 Å². The first-order valence-corrected chi connectivity index (χ1v) is 3.35. The van der Waals surface area contributed by atoms with Crippen molar-refractivity contribution in [3.8, 4) is 0 Å². The second-order valence-electron chi connectivity index (χ2n) is 2.34. The van der Waals surface area contributed by atoms with Gasteiger partial charge in [-0.25, -0.2) is 0 Å². The van der Waals surface area contributed by atoms with Crippen LogP contribution in [0.1, 0.15) is 18.4 Å². The van der Waals surface area contributed by atoms with Gasteiger partial charge in [0, 0.05) is 35.5 Å². The molecule has 0 aliphatic carbocycles. The second-order valence-corrected chi connectivity index (χ2v) is 2.34. The summed E-state index contributed by atoms with van der Waals surface area (Å²) in [5.41, 5.74) is 1.08. The molecule has 1 radical (unpaired) electrons. The van der Waals surface area contributed by atoms with Gasteiger partial charge >= 0.3 is 0 Å². The molecule has 1 aromatic carbocycles. The van der Waals surface area contributed by atoms with E-state index in [1.165, 1.54) is 0 Å². The minimum absolute atomic E-state index is 0. The number of hydrogen-bond donors (Lipinski definition) is 0. The van der Waals surface area contributed by atoms with E-state index in [0.717, 1.165) is 11.8 Å².